The molecule has 4 heterocycles. The first-order valence-electron chi connectivity index (χ1n) is 12.6. The molecule has 1 aliphatic heterocycles. The van der Waals surface area contributed by atoms with Crippen molar-refractivity contribution >= 4 is 34.4 Å². The molecule has 4 N–H and O–H groups in total. The molecule has 1 aromatic carbocycles. The highest BCUT2D eigenvalue weighted by Crippen LogP contribution is 2.39. The lowest BCUT2D eigenvalue weighted by atomic mass is 9.86. The molecule has 0 radical (unpaired) electrons. The van der Waals surface area contributed by atoms with E-state index in [-0.39, 0.29) is 11.5 Å². The molecule has 1 atom stereocenters. The minimum absolute atomic E-state index is 0.106. The summed E-state index contributed by atoms with van der Waals surface area (Å²) in [4.78, 5) is 30.0. The molecule has 0 saturated heterocycles. The Hall–Kier alpha value is -4.82. The summed E-state index contributed by atoms with van der Waals surface area (Å²) in [6.45, 7) is 5.96. The van der Waals surface area contributed by atoms with Gasteiger partial charge in [-0.25, -0.2) is 8.91 Å². The number of nitrogens with zero attached hydrogens (tertiary/aromatic N) is 4. The van der Waals surface area contributed by atoms with E-state index in [4.69, 9.17) is 0 Å². The lowest BCUT2D eigenvalue weighted by Gasteiger charge is -2.22. The van der Waals surface area contributed by atoms with E-state index in [1.54, 1.807) is 28.8 Å². The topological polar surface area (TPSA) is 144 Å². The molecule has 1 aliphatic rings. The highest BCUT2D eigenvalue weighted by molar-refractivity contribution is 6.06. The molecule has 204 valence electrons. The van der Waals surface area contributed by atoms with Crippen LogP contribution in [0.5, 0.6) is 0 Å². The lowest BCUT2D eigenvalue weighted by Crippen LogP contribution is -2.42. The van der Waals surface area contributed by atoms with Crippen molar-refractivity contribution in [1.82, 2.24) is 19.9 Å². The Morgan fingerprint density at radius 2 is 2.00 bits per heavy atom. The van der Waals surface area contributed by atoms with E-state index >= 15 is 0 Å². The fraction of sp³-hybridized carbons (Fsp3) is 0.276. The van der Waals surface area contributed by atoms with E-state index in [0.29, 0.717) is 39.5 Å². The number of aliphatic hydroxyl groups is 1. The summed E-state index contributed by atoms with van der Waals surface area (Å²) in [7, 11) is 0. The van der Waals surface area contributed by atoms with Crippen LogP contribution in [0.3, 0.4) is 0 Å². The number of nitriles is 1. The van der Waals surface area contributed by atoms with Gasteiger partial charge in [0.25, 0.3) is 5.91 Å². The number of rotatable bonds is 7. The average molecular weight is 542 g/mol. The SMILES string of the molecule is CC1(C)C(=O)Nc2cc(Nc3cc(-c4ccc5cc(C#N)cnn45)ncc3C(=O)NC[C@@H](F)C(C)(C)O)ccc21. The molecule has 0 fully saturated rings. The van der Waals surface area contributed by atoms with Crippen molar-refractivity contribution in [2.75, 3.05) is 17.2 Å². The normalized spacial score (nSPS) is 14.8. The Labute approximate surface area is 229 Å². The molecule has 0 saturated carbocycles. The summed E-state index contributed by atoms with van der Waals surface area (Å²) in [6.07, 6.45) is 1.15. The predicted molar refractivity (Wildman–Crippen MR) is 148 cm³/mol. The van der Waals surface area contributed by atoms with Crippen molar-refractivity contribution < 1.29 is 19.1 Å². The fourth-order valence-electron chi connectivity index (χ4n) is 4.49. The molecule has 40 heavy (non-hydrogen) atoms. The molecular weight excluding hydrogens is 513 g/mol. The van der Waals surface area contributed by atoms with Gasteiger partial charge in [-0.3, -0.25) is 14.6 Å². The van der Waals surface area contributed by atoms with Crippen molar-refractivity contribution in [1.29, 1.82) is 5.26 Å². The summed E-state index contributed by atoms with van der Waals surface area (Å²) in [5.41, 5.74) is 2.63. The number of anilines is 3. The molecule has 0 unspecified atom stereocenters. The van der Waals surface area contributed by atoms with Crippen LogP contribution in [0.4, 0.5) is 21.5 Å². The summed E-state index contributed by atoms with van der Waals surface area (Å²) >= 11 is 0. The van der Waals surface area contributed by atoms with E-state index in [0.717, 1.165) is 5.56 Å². The van der Waals surface area contributed by atoms with Gasteiger partial charge in [0, 0.05) is 17.6 Å². The van der Waals surface area contributed by atoms with Gasteiger partial charge in [0.05, 0.1) is 57.5 Å². The van der Waals surface area contributed by atoms with Crippen LogP contribution in [0.25, 0.3) is 16.9 Å². The molecule has 4 aromatic rings. The van der Waals surface area contributed by atoms with E-state index < -0.39 is 29.6 Å². The number of hydrogen-bond donors (Lipinski definition) is 4. The van der Waals surface area contributed by atoms with Gasteiger partial charge in [-0.1, -0.05) is 6.07 Å². The van der Waals surface area contributed by atoms with Crippen molar-refractivity contribution in [3.8, 4) is 17.5 Å². The molecule has 0 spiro atoms. The highest BCUT2D eigenvalue weighted by atomic mass is 19.1. The van der Waals surface area contributed by atoms with Gasteiger partial charge in [-0.15, -0.1) is 0 Å². The number of nitrogens with one attached hydrogen (secondary N) is 3. The Morgan fingerprint density at radius 3 is 2.73 bits per heavy atom. The lowest BCUT2D eigenvalue weighted by molar-refractivity contribution is -0.119. The average Bonchev–Trinajstić information content (AvgIpc) is 3.43. The van der Waals surface area contributed by atoms with Crippen molar-refractivity contribution in [2.45, 2.75) is 44.9 Å². The van der Waals surface area contributed by atoms with Crippen LogP contribution in [0, 0.1) is 11.3 Å². The molecule has 3 aromatic heterocycles. The van der Waals surface area contributed by atoms with Crippen LogP contribution in [-0.2, 0) is 10.2 Å². The second-order valence-corrected chi connectivity index (χ2v) is 10.8. The third-order valence-electron chi connectivity index (χ3n) is 7.04. The van der Waals surface area contributed by atoms with Crippen LogP contribution in [-0.4, -0.2) is 49.8 Å². The number of benzene rings is 1. The first-order chi connectivity index (χ1) is 18.9. The van der Waals surface area contributed by atoms with E-state index in [1.165, 1.54) is 26.2 Å². The smallest absolute Gasteiger partial charge is 0.255 e. The number of fused-ring (bicyclic) bond motifs is 2. The number of carbonyl (C=O) groups excluding carboxylic acids is 2. The zero-order chi connectivity index (χ0) is 28.8. The third kappa shape index (κ3) is 4.85. The maximum Gasteiger partial charge on any atom is 0.255 e. The van der Waals surface area contributed by atoms with Crippen LogP contribution in [0.1, 0.15) is 49.2 Å². The second kappa shape index (κ2) is 9.73. The number of alkyl halides is 1. The summed E-state index contributed by atoms with van der Waals surface area (Å²) in [5.74, 6) is -0.688. The van der Waals surface area contributed by atoms with Crippen molar-refractivity contribution in [3.05, 3.63) is 71.5 Å². The molecule has 10 nitrogen and oxygen atoms in total. The number of hydrogen-bond acceptors (Lipinski definition) is 7. The van der Waals surface area contributed by atoms with Crippen LogP contribution >= 0.6 is 0 Å². The summed E-state index contributed by atoms with van der Waals surface area (Å²) < 4.78 is 16.0. The number of carbonyl (C=O) groups is 2. The van der Waals surface area contributed by atoms with Gasteiger partial charge < -0.3 is 21.1 Å². The van der Waals surface area contributed by atoms with Gasteiger partial charge in [-0.2, -0.15) is 10.4 Å². The molecule has 2 amide bonds. The van der Waals surface area contributed by atoms with Gasteiger partial charge >= 0.3 is 0 Å². The minimum atomic E-state index is -1.68. The Morgan fingerprint density at radius 1 is 1.23 bits per heavy atom. The van der Waals surface area contributed by atoms with Gasteiger partial charge in [0.1, 0.15) is 12.2 Å². The number of aromatic nitrogens is 3. The maximum atomic E-state index is 14.3. The van der Waals surface area contributed by atoms with Crippen LogP contribution in [0.15, 0.2) is 54.9 Å². The van der Waals surface area contributed by atoms with E-state index in [2.05, 4.69) is 32.1 Å². The van der Waals surface area contributed by atoms with Crippen molar-refractivity contribution in [2.24, 2.45) is 0 Å². The maximum absolute atomic E-state index is 14.3. The van der Waals surface area contributed by atoms with E-state index in [1.807, 2.05) is 32.0 Å². The Kier molecular flexibility index (Phi) is 6.51. The number of amides is 2. The first-order valence-corrected chi connectivity index (χ1v) is 12.6. The summed E-state index contributed by atoms with van der Waals surface area (Å²) in [6, 6.07) is 14.5. The predicted octanol–water partition coefficient (Wildman–Crippen LogP) is 4.08. The van der Waals surface area contributed by atoms with Crippen LogP contribution < -0.4 is 16.0 Å². The molecule has 0 bridgehead atoms. The first kappa shape index (κ1) is 26.8. The van der Waals surface area contributed by atoms with E-state index in [9.17, 15) is 24.3 Å². The van der Waals surface area contributed by atoms with Gasteiger partial charge in [0.2, 0.25) is 5.91 Å². The highest BCUT2D eigenvalue weighted by Gasteiger charge is 2.38. The number of halogens is 1. The zero-order valence-corrected chi connectivity index (χ0v) is 22.4. The Bertz CT molecular complexity index is 1700. The molecular formula is C29H28FN7O3. The molecule has 5 rings (SSSR count). The molecule has 0 aliphatic carbocycles. The quantitative estimate of drug-likeness (QED) is 0.276. The minimum Gasteiger partial charge on any atom is -0.387 e. The third-order valence-corrected chi connectivity index (χ3v) is 7.04. The van der Waals surface area contributed by atoms with Gasteiger partial charge in [-0.05, 0) is 69.7 Å². The standard InChI is InChI=1S/C29H28FN7O3/c1-28(2)20-7-5-17(10-22(20)36-27(28)39)35-21-11-23(24-8-6-18-9-16(12-31)13-34-37(18)24)32-14-19(21)26(38)33-15-25(30)29(3,4)40/h5-11,13-14,25,40H,15H2,1-4H3,(H,32,35)(H,33,38)(H,36,39)/t25-/m1/s1. The second-order valence-electron chi connectivity index (χ2n) is 10.8. The van der Waals surface area contributed by atoms with Crippen molar-refractivity contribution in [3.63, 3.8) is 0 Å². The van der Waals surface area contributed by atoms with Crippen LogP contribution in [0.2, 0.25) is 0 Å². The monoisotopic (exact) mass is 541 g/mol. The molecule has 11 heteroatoms. The fourth-order valence-corrected chi connectivity index (χ4v) is 4.49. The van der Waals surface area contributed by atoms with Gasteiger partial charge in [0.15, 0.2) is 0 Å². The number of pyridine rings is 1. The largest absolute Gasteiger partial charge is 0.387 e. The summed E-state index contributed by atoms with van der Waals surface area (Å²) in [5, 5.41) is 32.1. The zero-order valence-electron chi connectivity index (χ0n) is 22.4. The Balaban J connectivity index is 1.53.